The van der Waals surface area contributed by atoms with Crippen molar-refractivity contribution in [1.29, 1.82) is 0 Å². The maximum absolute atomic E-state index is 2.67. The molecule has 0 radical (unpaired) electrons. The summed E-state index contributed by atoms with van der Waals surface area (Å²) in [5.41, 5.74) is 8.05. The smallest absolute Gasteiger partial charge is 0.00331 e. The Hall–Kier alpha value is -0.780. The minimum Gasteiger partial charge on any atom is -0.0613 e. The number of rotatable bonds is 1. The average Bonchev–Trinajstić information content (AvgIpc) is 2.80. The highest BCUT2D eigenvalue weighted by atomic mass is 14.6. The van der Waals surface area contributed by atoms with Crippen LogP contribution in [-0.2, 0) is 18.3 Å². The van der Waals surface area contributed by atoms with Crippen LogP contribution in [0.25, 0.3) is 0 Å². The molecule has 1 aromatic carbocycles. The van der Waals surface area contributed by atoms with E-state index >= 15 is 0 Å². The number of aryl methyl sites for hydroxylation is 2. The van der Waals surface area contributed by atoms with Crippen LogP contribution in [0.1, 0.15) is 89.0 Å². The van der Waals surface area contributed by atoms with Gasteiger partial charge in [-0.3, -0.25) is 0 Å². The van der Waals surface area contributed by atoms with Crippen molar-refractivity contribution in [2.24, 2.45) is 22.7 Å². The van der Waals surface area contributed by atoms with Gasteiger partial charge in [-0.25, -0.2) is 0 Å². The topological polar surface area (TPSA) is 0 Å². The molecule has 0 spiro atoms. The van der Waals surface area contributed by atoms with Crippen molar-refractivity contribution in [3.05, 3.63) is 34.4 Å². The van der Waals surface area contributed by atoms with Gasteiger partial charge in [0, 0.05) is 0 Å². The summed E-state index contributed by atoms with van der Waals surface area (Å²) in [4.78, 5) is 0. The fourth-order valence-corrected chi connectivity index (χ4v) is 7.75. The molecule has 0 nitrogen and oxygen atoms in total. The molecule has 0 bridgehead atoms. The van der Waals surface area contributed by atoms with Gasteiger partial charge < -0.3 is 0 Å². The van der Waals surface area contributed by atoms with E-state index in [9.17, 15) is 0 Å². The second kappa shape index (κ2) is 5.12. The fourth-order valence-electron chi connectivity index (χ4n) is 7.75. The van der Waals surface area contributed by atoms with Crippen LogP contribution < -0.4 is 0 Å². The highest BCUT2D eigenvalue weighted by Crippen LogP contribution is 2.67. The molecule has 3 aliphatic rings. The highest BCUT2D eigenvalue weighted by Gasteiger charge is 2.61. The van der Waals surface area contributed by atoms with Crippen molar-refractivity contribution in [2.75, 3.05) is 0 Å². The van der Waals surface area contributed by atoms with Crippen molar-refractivity contribution in [3.63, 3.8) is 0 Å². The van der Waals surface area contributed by atoms with E-state index in [1.54, 1.807) is 22.3 Å². The van der Waals surface area contributed by atoms with Gasteiger partial charge in [-0.2, -0.15) is 0 Å². The monoisotopic (exact) mass is 324 g/mol. The zero-order chi connectivity index (χ0) is 17.3. The van der Waals surface area contributed by atoms with E-state index in [2.05, 4.69) is 53.7 Å². The Balaban J connectivity index is 1.82. The van der Waals surface area contributed by atoms with Gasteiger partial charge in [-0.15, -0.1) is 0 Å². The Kier molecular flexibility index (Phi) is 3.56. The predicted molar refractivity (Wildman–Crippen MR) is 104 cm³/mol. The maximum atomic E-state index is 2.67. The van der Waals surface area contributed by atoms with Crippen LogP contribution in [0.2, 0.25) is 0 Å². The summed E-state index contributed by atoms with van der Waals surface area (Å²) in [5, 5.41) is 0. The van der Waals surface area contributed by atoms with Crippen LogP contribution in [-0.4, -0.2) is 0 Å². The van der Waals surface area contributed by atoms with Gasteiger partial charge >= 0.3 is 0 Å². The third kappa shape index (κ3) is 2.04. The lowest BCUT2D eigenvalue weighted by molar-refractivity contribution is -0.0983. The third-order valence-electron chi connectivity index (χ3n) is 8.67. The molecule has 4 unspecified atom stereocenters. The number of fused-ring (bicyclic) bond motifs is 5. The molecule has 0 heteroatoms. The summed E-state index contributed by atoms with van der Waals surface area (Å²) >= 11 is 0. The quantitative estimate of drug-likeness (QED) is 0.545. The summed E-state index contributed by atoms with van der Waals surface area (Å²) in [5.74, 6) is 1.77. The minimum absolute atomic E-state index is 0.421. The van der Waals surface area contributed by atoms with E-state index in [1.807, 2.05) is 0 Å². The van der Waals surface area contributed by atoms with E-state index in [0.717, 1.165) is 11.8 Å². The fraction of sp³-hybridized carbons (Fsp3) is 0.750. The number of benzene rings is 1. The molecule has 0 saturated heterocycles. The lowest BCUT2D eigenvalue weighted by atomic mass is 9.43. The van der Waals surface area contributed by atoms with Gasteiger partial charge in [0.2, 0.25) is 0 Å². The van der Waals surface area contributed by atoms with Gasteiger partial charge in [0.15, 0.2) is 0 Å². The van der Waals surface area contributed by atoms with Gasteiger partial charge in [0.05, 0.1) is 0 Å². The van der Waals surface area contributed by atoms with Crippen LogP contribution in [0.4, 0.5) is 0 Å². The van der Waals surface area contributed by atoms with Crippen molar-refractivity contribution >= 4 is 0 Å². The summed E-state index contributed by atoms with van der Waals surface area (Å²) in [7, 11) is 0. The zero-order valence-corrected chi connectivity index (χ0v) is 16.8. The summed E-state index contributed by atoms with van der Waals surface area (Å²) in [6.07, 6.45) is 9.66. The number of hydrogen-bond acceptors (Lipinski definition) is 0. The molecule has 1 aromatic rings. The van der Waals surface area contributed by atoms with Crippen LogP contribution in [0, 0.1) is 29.6 Å². The minimum atomic E-state index is 0.421. The standard InChI is InChI=1S/C24H36/c1-7-17-13-16(2)21-18(14-17)15-20-23(5)11-8-10-22(3,4)19(23)9-12-24(20,21)6/h13-14,19-20H,7-12,15H2,1-6H3. The van der Waals surface area contributed by atoms with Gasteiger partial charge in [0.25, 0.3) is 0 Å². The Morgan fingerprint density at radius 2 is 1.75 bits per heavy atom. The number of hydrogen-bond donors (Lipinski definition) is 0. The van der Waals surface area contributed by atoms with E-state index in [0.29, 0.717) is 16.2 Å². The van der Waals surface area contributed by atoms with E-state index in [1.165, 1.54) is 44.9 Å². The summed E-state index contributed by atoms with van der Waals surface area (Å²) < 4.78 is 0. The van der Waals surface area contributed by atoms with E-state index < -0.39 is 0 Å². The first-order valence-electron chi connectivity index (χ1n) is 10.4. The first-order chi connectivity index (χ1) is 11.2. The molecule has 4 atom stereocenters. The molecule has 0 N–H and O–H groups in total. The van der Waals surface area contributed by atoms with Gasteiger partial charge in [-0.05, 0) is 95.8 Å². The summed E-state index contributed by atoms with van der Waals surface area (Å²) in [6.45, 7) is 15.1. The molecule has 2 saturated carbocycles. The summed E-state index contributed by atoms with van der Waals surface area (Å²) in [6, 6.07) is 5.03. The third-order valence-corrected chi connectivity index (χ3v) is 8.67. The van der Waals surface area contributed by atoms with Gasteiger partial charge in [-0.1, -0.05) is 53.2 Å². The van der Waals surface area contributed by atoms with Crippen LogP contribution in [0.3, 0.4) is 0 Å². The van der Waals surface area contributed by atoms with Crippen molar-refractivity contribution in [3.8, 4) is 0 Å². The van der Waals surface area contributed by atoms with E-state index in [-0.39, 0.29) is 0 Å². The molecule has 0 aliphatic heterocycles. The molecule has 4 rings (SSSR count). The van der Waals surface area contributed by atoms with Crippen molar-refractivity contribution in [2.45, 2.75) is 91.9 Å². The van der Waals surface area contributed by atoms with Crippen LogP contribution >= 0.6 is 0 Å². The highest BCUT2D eigenvalue weighted by molar-refractivity contribution is 5.49. The van der Waals surface area contributed by atoms with Gasteiger partial charge in [0.1, 0.15) is 0 Å². The molecular weight excluding hydrogens is 288 g/mol. The predicted octanol–water partition coefficient (Wildman–Crippen LogP) is 6.61. The Morgan fingerprint density at radius 1 is 1.00 bits per heavy atom. The lowest BCUT2D eigenvalue weighted by Gasteiger charge is -2.61. The first kappa shape index (κ1) is 16.7. The first-order valence-corrected chi connectivity index (χ1v) is 10.4. The normalized spacial score (nSPS) is 39.9. The maximum Gasteiger partial charge on any atom is -0.00331 e. The van der Waals surface area contributed by atoms with E-state index in [4.69, 9.17) is 0 Å². The van der Waals surface area contributed by atoms with Crippen LogP contribution in [0.15, 0.2) is 12.1 Å². The Morgan fingerprint density at radius 3 is 2.46 bits per heavy atom. The molecule has 0 heterocycles. The Labute approximate surface area is 149 Å². The molecule has 0 amide bonds. The van der Waals surface area contributed by atoms with Crippen molar-refractivity contribution < 1.29 is 0 Å². The Bertz CT molecular complexity index is 667. The van der Waals surface area contributed by atoms with Crippen molar-refractivity contribution in [1.82, 2.24) is 0 Å². The van der Waals surface area contributed by atoms with Crippen LogP contribution in [0.5, 0.6) is 0 Å². The second-order valence-corrected chi connectivity index (χ2v) is 10.4. The SMILES string of the molecule is CCc1cc(C)c2c(c1)CC1C2(C)CCC2C(C)(C)CCCC21C. The molecule has 3 aliphatic carbocycles. The molecule has 0 aromatic heterocycles. The zero-order valence-electron chi connectivity index (χ0n) is 16.8. The largest absolute Gasteiger partial charge is 0.0613 e. The molecule has 132 valence electrons. The average molecular weight is 325 g/mol. The molecule has 2 fully saturated rings. The lowest BCUT2D eigenvalue weighted by Crippen LogP contribution is -2.55. The second-order valence-electron chi connectivity index (χ2n) is 10.4. The molecular formula is C24H36. The molecule has 24 heavy (non-hydrogen) atoms.